The van der Waals surface area contributed by atoms with Gasteiger partial charge in [-0.25, -0.2) is 8.78 Å². The van der Waals surface area contributed by atoms with Crippen molar-refractivity contribution in [2.45, 2.75) is 44.2 Å². The predicted molar refractivity (Wildman–Crippen MR) is 63.9 cm³/mol. The van der Waals surface area contributed by atoms with Crippen LogP contribution in [0.4, 0.5) is 20.2 Å². The highest BCUT2D eigenvalue weighted by Crippen LogP contribution is 2.41. The Balaban J connectivity index is 2.04. The maximum Gasteiger partial charge on any atom is 0.151 e. The van der Waals surface area contributed by atoms with Gasteiger partial charge >= 0.3 is 0 Å². The molecule has 0 aromatic heterocycles. The molecule has 2 saturated heterocycles. The fraction of sp³-hybridized carbons (Fsp3) is 0.538. The van der Waals surface area contributed by atoms with E-state index in [1.54, 1.807) is 0 Å². The van der Waals surface area contributed by atoms with Crippen LogP contribution >= 0.6 is 0 Å². The van der Waals surface area contributed by atoms with Gasteiger partial charge in [0.2, 0.25) is 0 Å². The van der Waals surface area contributed by atoms with Gasteiger partial charge in [0, 0.05) is 17.8 Å². The number of halogens is 2. The molecule has 2 fully saturated rings. The molecule has 2 aliphatic heterocycles. The van der Waals surface area contributed by atoms with Crippen molar-refractivity contribution in [3.8, 4) is 0 Å². The first-order chi connectivity index (χ1) is 8.16. The Morgan fingerprint density at radius 2 is 1.53 bits per heavy atom. The zero-order chi connectivity index (χ0) is 12.0. The highest BCUT2D eigenvalue weighted by atomic mass is 19.1. The standard InChI is InChI=1S/C13H16F2N2/c14-11-6-8(16)7-12(15)13(11)17-9-2-1-3-10(17)5-4-9/h6-7,9-10H,1-5,16H2. The number of hydrogen-bond donors (Lipinski definition) is 1. The van der Waals surface area contributed by atoms with E-state index in [2.05, 4.69) is 0 Å². The van der Waals surface area contributed by atoms with E-state index < -0.39 is 11.6 Å². The third kappa shape index (κ3) is 1.66. The number of nitrogen functional groups attached to an aromatic ring is 1. The quantitative estimate of drug-likeness (QED) is 0.762. The van der Waals surface area contributed by atoms with Crippen LogP contribution in [0, 0.1) is 11.6 Å². The van der Waals surface area contributed by atoms with Crippen molar-refractivity contribution >= 4 is 11.4 Å². The Labute approximate surface area is 99.4 Å². The van der Waals surface area contributed by atoms with Crippen molar-refractivity contribution in [1.82, 2.24) is 0 Å². The maximum atomic E-state index is 13.9. The van der Waals surface area contributed by atoms with E-state index in [4.69, 9.17) is 5.73 Å². The molecule has 1 aromatic rings. The molecule has 2 heterocycles. The van der Waals surface area contributed by atoms with Gasteiger partial charge in [-0.1, -0.05) is 0 Å². The molecule has 0 aliphatic carbocycles. The zero-order valence-electron chi connectivity index (χ0n) is 9.63. The highest BCUT2D eigenvalue weighted by Gasteiger charge is 2.38. The van der Waals surface area contributed by atoms with Crippen LogP contribution in [0.3, 0.4) is 0 Å². The van der Waals surface area contributed by atoms with E-state index in [-0.39, 0.29) is 11.4 Å². The normalized spacial score (nSPS) is 27.5. The number of fused-ring (bicyclic) bond motifs is 2. The number of nitrogens with two attached hydrogens (primary N) is 1. The van der Waals surface area contributed by atoms with Crippen LogP contribution in [0.1, 0.15) is 32.1 Å². The van der Waals surface area contributed by atoms with E-state index >= 15 is 0 Å². The minimum Gasteiger partial charge on any atom is -0.399 e. The SMILES string of the molecule is Nc1cc(F)c(N2C3CCCC2CC3)c(F)c1. The summed E-state index contributed by atoms with van der Waals surface area (Å²) in [5, 5.41) is 0. The lowest BCUT2D eigenvalue weighted by Gasteiger charge is -2.37. The minimum absolute atomic E-state index is 0.131. The molecular weight excluding hydrogens is 222 g/mol. The molecule has 0 radical (unpaired) electrons. The molecule has 4 heteroatoms. The first-order valence-electron chi connectivity index (χ1n) is 6.19. The number of benzene rings is 1. The maximum absolute atomic E-state index is 13.9. The van der Waals surface area contributed by atoms with Crippen LogP contribution in [0.15, 0.2) is 12.1 Å². The topological polar surface area (TPSA) is 29.3 Å². The lowest BCUT2D eigenvalue weighted by molar-refractivity contribution is 0.449. The molecule has 2 bridgehead atoms. The smallest absolute Gasteiger partial charge is 0.151 e. The van der Waals surface area contributed by atoms with E-state index in [1.807, 2.05) is 4.90 Å². The van der Waals surface area contributed by atoms with Crippen molar-refractivity contribution in [2.24, 2.45) is 0 Å². The molecule has 2 nitrogen and oxygen atoms in total. The summed E-state index contributed by atoms with van der Waals surface area (Å²) in [4.78, 5) is 1.95. The van der Waals surface area contributed by atoms with Gasteiger partial charge in [0.1, 0.15) is 5.69 Å². The molecule has 3 rings (SSSR count). The third-order valence-corrected chi connectivity index (χ3v) is 3.99. The van der Waals surface area contributed by atoms with Crippen molar-refractivity contribution in [1.29, 1.82) is 0 Å². The monoisotopic (exact) mass is 238 g/mol. The molecule has 2 atom stereocenters. The fourth-order valence-electron chi connectivity index (χ4n) is 3.31. The summed E-state index contributed by atoms with van der Waals surface area (Å²) < 4.78 is 27.8. The molecular formula is C13H16F2N2. The summed E-state index contributed by atoms with van der Waals surface area (Å²) in [6, 6.07) is 3.04. The van der Waals surface area contributed by atoms with Crippen LogP contribution in [-0.2, 0) is 0 Å². The number of anilines is 2. The highest BCUT2D eigenvalue weighted by molar-refractivity contribution is 5.58. The summed E-state index contributed by atoms with van der Waals surface area (Å²) >= 11 is 0. The van der Waals surface area contributed by atoms with Gasteiger partial charge < -0.3 is 10.6 Å². The molecule has 1 aromatic carbocycles. The third-order valence-electron chi connectivity index (χ3n) is 3.99. The largest absolute Gasteiger partial charge is 0.399 e. The average molecular weight is 238 g/mol. The van der Waals surface area contributed by atoms with Crippen molar-refractivity contribution in [2.75, 3.05) is 10.6 Å². The van der Waals surface area contributed by atoms with E-state index in [0.717, 1.165) is 25.7 Å². The zero-order valence-corrected chi connectivity index (χ0v) is 9.63. The molecule has 2 unspecified atom stereocenters. The summed E-state index contributed by atoms with van der Waals surface area (Å²) in [5.41, 5.74) is 5.72. The summed E-state index contributed by atoms with van der Waals surface area (Å²) in [6.07, 6.45) is 5.35. The Hall–Kier alpha value is -1.32. The van der Waals surface area contributed by atoms with Crippen LogP contribution in [-0.4, -0.2) is 12.1 Å². The van der Waals surface area contributed by atoms with Crippen LogP contribution in [0.25, 0.3) is 0 Å². The molecule has 2 N–H and O–H groups in total. The molecule has 92 valence electrons. The van der Waals surface area contributed by atoms with Gasteiger partial charge in [-0.2, -0.15) is 0 Å². The molecule has 2 aliphatic rings. The Morgan fingerprint density at radius 3 is 2.06 bits per heavy atom. The second-order valence-electron chi connectivity index (χ2n) is 5.06. The van der Waals surface area contributed by atoms with E-state index in [0.29, 0.717) is 12.1 Å². The fourth-order valence-corrected chi connectivity index (χ4v) is 3.31. The molecule has 0 spiro atoms. The molecule has 0 saturated carbocycles. The number of rotatable bonds is 1. The molecule has 0 amide bonds. The van der Waals surface area contributed by atoms with Gasteiger partial charge in [0.15, 0.2) is 11.6 Å². The first-order valence-corrected chi connectivity index (χ1v) is 6.19. The van der Waals surface area contributed by atoms with Crippen LogP contribution in [0.5, 0.6) is 0 Å². The van der Waals surface area contributed by atoms with Crippen molar-refractivity contribution < 1.29 is 8.78 Å². The van der Waals surface area contributed by atoms with Crippen molar-refractivity contribution in [3.05, 3.63) is 23.8 Å². The van der Waals surface area contributed by atoms with Gasteiger partial charge in [-0.3, -0.25) is 0 Å². The summed E-state index contributed by atoms with van der Waals surface area (Å²) in [7, 11) is 0. The first kappa shape index (κ1) is 10.8. The lowest BCUT2D eigenvalue weighted by atomic mass is 10.0. The Morgan fingerprint density at radius 1 is 1.00 bits per heavy atom. The summed E-state index contributed by atoms with van der Waals surface area (Å²) in [6.45, 7) is 0. The number of nitrogens with zero attached hydrogens (tertiary/aromatic N) is 1. The Kier molecular flexibility index (Phi) is 2.45. The van der Waals surface area contributed by atoms with Crippen LogP contribution < -0.4 is 10.6 Å². The number of piperidine rings is 1. The van der Waals surface area contributed by atoms with E-state index in [9.17, 15) is 8.78 Å². The summed E-state index contributed by atoms with van der Waals surface area (Å²) in [5.74, 6) is -1.05. The van der Waals surface area contributed by atoms with Gasteiger partial charge in [-0.15, -0.1) is 0 Å². The van der Waals surface area contributed by atoms with E-state index in [1.165, 1.54) is 18.6 Å². The van der Waals surface area contributed by atoms with Crippen LogP contribution in [0.2, 0.25) is 0 Å². The van der Waals surface area contributed by atoms with Gasteiger partial charge in [0.25, 0.3) is 0 Å². The number of hydrogen-bond acceptors (Lipinski definition) is 2. The second-order valence-corrected chi connectivity index (χ2v) is 5.06. The average Bonchev–Trinajstić information content (AvgIpc) is 2.50. The second kappa shape index (κ2) is 3.86. The van der Waals surface area contributed by atoms with Gasteiger partial charge in [-0.05, 0) is 44.2 Å². The van der Waals surface area contributed by atoms with Gasteiger partial charge in [0.05, 0.1) is 0 Å². The molecule has 17 heavy (non-hydrogen) atoms. The predicted octanol–water partition coefficient (Wildman–Crippen LogP) is 3.07. The lowest BCUT2D eigenvalue weighted by Crippen LogP contribution is -2.40. The van der Waals surface area contributed by atoms with Crippen molar-refractivity contribution in [3.63, 3.8) is 0 Å². The Bertz CT molecular complexity index is 408. The minimum atomic E-state index is -0.527.